The van der Waals surface area contributed by atoms with E-state index in [9.17, 15) is 14.7 Å². The number of aromatic hydroxyl groups is 1. The number of fused-ring (bicyclic) bond motifs is 1. The van der Waals surface area contributed by atoms with Crippen molar-refractivity contribution in [1.29, 1.82) is 0 Å². The van der Waals surface area contributed by atoms with Crippen LogP contribution in [0.15, 0.2) is 36.5 Å². The zero-order valence-corrected chi connectivity index (χ0v) is 21.3. The number of rotatable bonds is 7. The Morgan fingerprint density at radius 3 is 2.64 bits per heavy atom. The van der Waals surface area contributed by atoms with Gasteiger partial charge in [-0.25, -0.2) is 0 Å². The smallest absolute Gasteiger partial charge is 0.268 e. The first-order chi connectivity index (χ1) is 17.5. The van der Waals surface area contributed by atoms with Gasteiger partial charge >= 0.3 is 0 Å². The second kappa shape index (κ2) is 11.0. The number of phenolic OH excluding ortho intramolecular Hbond substituents is 1. The molecule has 1 saturated heterocycles. The lowest BCUT2D eigenvalue weighted by Crippen LogP contribution is -2.53. The molecular formula is C28H39N5O3. The minimum Gasteiger partial charge on any atom is -0.508 e. The minimum absolute atomic E-state index is 0.0550. The van der Waals surface area contributed by atoms with Crippen molar-refractivity contribution in [2.75, 3.05) is 46.3 Å². The number of carbonyl (C=O) groups excluding carboxylic acids is 2. The van der Waals surface area contributed by atoms with Gasteiger partial charge in [-0.2, -0.15) is 0 Å². The highest BCUT2D eigenvalue weighted by Gasteiger charge is 2.31. The number of piperazine rings is 1. The van der Waals surface area contributed by atoms with Crippen LogP contribution in [0, 0.1) is 5.92 Å². The van der Waals surface area contributed by atoms with Crippen molar-refractivity contribution in [3.05, 3.63) is 42.2 Å². The SMILES string of the molecule is CN1CCN(C[C@@H](NC(=O)C[C@@H]2CNC(=O)c3cc(-c4cccc(O)c4)cn32)C2CCCCC2)CC1. The molecule has 1 aliphatic carbocycles. The number of hydrogen-bond donors (Lipinski definition) is 3. The lowest BCUT2D eigenvalue weighted by molar-refractivity contribution is -0.123. The van der Waals surface area contributed by atoms with E-state index in [2.05, 4.69) is 27.5 Å². The van der Waals surface area contributed by atoms with Crippen molar-refractivity contribution in [2.24, 2.45) is 5.92 Å². The standard InChI is InChI=1S/C28H39N5O3/c1-31-10-12-32(13-11-31)19-25(20-6-3-2-4-7-20)30-27(35)16-23-17-29-28(36)26-15-22(18-33(23)26)21-8-5-9-24(34)14-21/h5,8-9,14-15,18,20,23,25,34H,2-4,6-7,10-13,16-17,19H2,1H3,(H,29,36)(H,30,35)/t23-,25-/m1/s1. The van der Waals surface area contributed by atoms with Gasteiger partial charge in [0.25, 0.3) is 5.91 Å². The molecule has 0 radical (unpaired) electrons. The highest BCUT2D eigenvalue weighted by molar-refractivity contribution is 5.95. The summed E-state index contributed by atoms with van der Waals surface area (Å²) in [6, 6.07) is 8.89. The van der Waals surface area contributed by atoms with E-state index in [0.717, 1.165) is 43.9 Å². The number of aromatic nitrogens is 1. The van der Waals surface area contributed by atoms with Crippen LogP contribution in [0.25, 0.3) is 11.1 Å². The van der Waals surface area contributed by atoms with E-state index < -0.39 is 0 Å². The third-order valence-corrected chi connectivity index (χ3v) is 8.19. The van der Waals surface area contributed by atoms with Gasteiger partial charge in [-0.05, 0) is 49.6 Å². The van der Waals surface area contributed by atoms with Crippen LogP contribution in [0.4, 0.5) is 0 Å². The van der Waals surface area contributed by atoms with Gasteiger partial charge < -0.3 is 25.2 Å². The largest absolute Gasteiger partial charge is 0.508 e. The Kier molecular flexibility index (Phi) is 7.62. The highest BCUT2D eigenvalue weighted by atomic mass is 16.3. The maximum Gasteiger partial charge on any atom is 0.268 e. The first kappa shape index (κ1) is 24.8. The first-order valence-electron chi connectivity index (χ1n) is 13.5. The molecule has 1 aromatic heterocycles. The zero-order chi connectivity index (χ0) is 25.1. The van der Waals surface area contributed by atoms with Gasteiger partial charge in [-0.15, -0.1) is 0 Å². The summed E-state index contributed by atoms with van der Waals surface area (Å²) in [4.78, 5) is 30.8. The van der Waals surface area contributed by atoms with Crippen LogP contribution in [0.2, 0.25) is 0 Å². The summed E-state index contributed by atoms with van der Waals surface area (Å²) in [6.07, 6.45) is 8.43. The Balaban J connectivity index is 1.28. The van der Waals surface area contributed by atoms with Crippen molar-refractivity contribution in [3.63, 3.8) is 0 Å². The highest BCUT2D eigenvalue weighted by Crippen LogP contribution is 2.30. The van der Waals surface area contributed by atoms with Gasteiger partial charge in [0.15, 0.2) is 0 Å². The van der Waals surface area contributed by atoms with Gasteiger partial charge in [-0.1, -0.05) is 31.4 Å². The van der Waals surface area contributed by atoms with E-state index in [-0.39, 0.29) is 29.6 Å². The van der Waals surface area contributed by atoms with E-state index in [4.69, 9.17) is 0 Å². The van der Waals surface area contributed by atoms with Crippen LogP contribution >= 0.6 is 0 Å². The molecule has 8 heteroatoms. The predicted octanol–water partition coefficient (Wildman–Crippen LogP) is 2.85. The normalized spacial score (nSPS) is 22.6. The minimum atomic E-state index is -0.139. The monoisotopic (exact) mass is 493 g/mol. The van der Waals surface area contributed by atoms with Gasteiger partial charge in [0.2, 0.25) is 5.91 Å². The van der Waals surface area contributed by atoms with E-state index in [0.29, 0.717) is 24.6 Å². The number of nitrogens with one attached hydrogen (secondary N) is 2. The Hall–Kier alpha value is -2.84. The summed E-state index contributed by atoms with van der Waals surface area (Å²) in [5.74, 6) is 0.645. The average Bonchev–Trinajstić information content (AvgIpc) is 3.34. The number of nitrogens with zero attached hydrogens (tertiary/aromatic N) is 3. The van der Waals surface area contributed by atoms with Gasteiger partial charge in [0.1, 0.15) is 11.4 Å². The number of hydrogen-bond acceptors (Lipinski definition) is 5. The van der Waals surface area contributed by atoms with Crippen LogP contribution in [-0.4, -0.2) is 83.6 Å². The molecule has 0 spiro atoms. The van der Waals surface area contributed by atoms with Crippen LogP contribution in [0.1, 0.15) is 55.1 Å². The summed E-state index contributed by atoms with van der Waals surface area (Å²) < 4.78 is 1.94. The van der Waals surface area contributed by atoms with Crippen molar-refractivity contribution in [2.45, 2.75) is 50.6 Å². The van der Waals surface area contributed by atoms with Crippen molar-refractivity contribution >= 4 is 11.8 Å². The molecule has 0 bridgehead atoms. The summed E-state index contributed by atoms with van der Waals surface area (Å²) in [7, 11) is 2.17. The molecule has 2 aliphatic heterocycles. The second-order valence-electron chi connectivity index (χ2n) is 10.8. The molecule has 2 amide bonds. The van der Waals surface area contributed by atoms with Crippen LogP contribution in [-0.2, 0) is 4.79 Å². The van der Waals surface area contributed by atoms with E-state index >= 15 is 0 Å². The summed E-state index contributed by atoms with van der Waals surface area (Å²) >= 11 is 0. The molecule has 36 heavy (non-hydrogen) atoms. The van der Waals surface area contributed by atoms with Crippen LogP contribution < -0.4 is 10.6 Å². The fraction of sp³-hybridized carbons (Fsp3) is 0.571. The van der Waals surface area contributed by atoms with Crippen LogP contribution in [0.3, 0.4) is 0 Å². The molecule has 1 saturated carbocycles. The molecular weight excluding hydrogens is 454 g/mol. The third-order valence-electron chi connectivity index (χ3n) is 8.19. The molecule has 3 aliphatic rings. The lowest BCUT2D eigenvalue weighted by Gasteiger charge is -2.38. The molecule has 2 fully saturated rings. The average molecular weight is 494 g/mol. The van der Waals surface area contributed by atoms with E-state index in [1.54, 1.807) is 18.2 Å². The number of phenols is 1. The summed E-state index contributed by atoms with van der Waals surface area (Å²) in [6.45, 7) is 5.60. The molecule has 8 nitrogen and oxygen atoms in total. The Morgan fingerprint density at radius 2 is 1.89 bits per heavy atom. The molecule has 5 rings (SSSR count). The third kappa shape index (κ3) is 5.76. The Morgan fingerprint density at radius 1 is 1.11 bits per heavy atom. The molecule has 0 unspecified atom stereocenters. The van der Waals surface area contributed by atoms with Crippen molar-refractivity contribution in [1.82, 2.24) is 25.0 Å². The zero-order valence-electron chi connectivity index (χ0n) is 21.3. The van der Waals surface area contributed by atoms with E-state index in [1.165, 1.54) is 32.1 Å². The molecule has 3 heterocycles. The summed E-state index contributed by atoms with van der Waals surface area (Å²) in [5.41, 5.74) is 2.26. The topological polar surface area (TPSA) is 89.8 Å². The predicted molar refractivity (Wildman–Crippen MR) is 140 cm³/mol. The van der Waals surface area contributed by atoms with E-state index in [1.807, 2.05) is 22.9 Å². The second-order valence-corrected chi connectivity index (χ2v) is 10.8. The quantitative estimate of drug-likeness (QED) is 0.552. The Bertz CT molecular complexity index is 1070. The number of carbonyl (C=O) groups is 2. The van der Waals surface area contributed by atoms with Gasteiger partial charge in [-0.3, -0.25) is 14.5 Å². The van der Waals surface area contributed by atoms with Gasteiger partial charge in [0.05, 0.1) is 6.04 Å². The van der Waals surface area contributed by atoms with Crippen molar-refractivity contribution < 1.29 is 14.7 Å². The fourth-order valence-corrected chi connectivity index (χ4v) is 6.01. The lowest BCUT2D eigenvalue weighted by atomic mass is 9.83. The molecule has 3 N–H and O–H groups in total. The number of amides is 2. The van der Waals surface area contributed by atoms with Crippen molar-refractivity contribution in [3.8, 4) is 16.9 Å². The summed E-state index contributed by atoms with van der Waals surface area (Å²) in [5, 5.41) is 16.3. The number of likely N-dealkylation sites (N-methyl/N-ethyl adjacent to an activating group) is 1. The molecule has 2 aromatic rings. The maximum absolute atomic E-state index is 13.4. The molecule has 194 valence electrons. The molecule has 1 aromatic carbocycles. The van der Waals surface area contributed by atoms with Gasteiger partial charge in [0, 0.05) is 63.5 Å². The maximum atomic E-state index is 13.4. The fourth-order valence-electron chi connectivity index (χ4n) is 6.01. The van der Waals surface area contributed by atoms with Crippen LogP contribution in [0.5, 0.6) is 5.75 Å². The number of benzene rings is 1. The Labute approximate surface area is 213 Å². The molecule has 2 atom stereocenters. The first-order valence-corrected chi connectivity index (χ1v) is 13.5.